The zero-order chi connectivity index (χ0) is 6.97. The van der Waals surface area contributed by atoms with Crippen molar-refractivity contribution in [1.29, 1.82) is 0 Å². The molecule has 0 aromatic heterocycles. The van der Waals surface area contributed by atoms with Crippen molar-refractivity contribution in [2.45, 2.75) is 0 Å². The Balaban J connectivity index is 1.99. The molecule has 10 heavy (non-hydrogen) atoms. The first-order valence-electron chi connectivity index (χ1n) is 3.80. The average molecular weight is 140 g/mol. The highest BCUT2D eigenvalue weighted by molar-refractivity contribution is 5.47. The Bertz CT molecular complexity index is 137. The molecule has 0 aliphatic carbocycles. The lowest BCUT2D eigenvalue weighted by Gasteiger charge is -2.08. The van der Waals surface area contributed by atoms with Crippen molar-refractivity contribution in [2.24, 2.45) is 11.8 Å². The van der Waals surface area contributed by atoms with Crippen molar-refractivity contribution < 1.29 is 4.79 Å². The fraction of sp³-hybridized carbons (Fsp3) is 0.857. The largest absolute Gasteiger partial charge is 0.345 e. The monoisotopic (exact) mass is 140 g/mol. The van der Waals surface area contributed by atoms with Crippen molar-refractivity contribution in [1.82, 2.24) is 10.2 Å². The van der Waals surface area contributed by atoms with Crippen LogP contribution in [0.5, 0.6) is 0 Å². The summed E-state index contributed by atoms with van der Waals surface area (Å²) >= 11 is 0. The summed E-state index contributed by atoms with van der Waals surface area (Å²) in [6.07, 6.45) is 0.971. The number of rotatable bonds is 1. The highest BCUT2D eigenvalue weighted by atomic mass is 16.1. The van der Waals surface area contributed by atoms with Crippen LogP contribution in [0.15, 0.2) is 0 Å². The first-order chi connectivity index (χ1) is 4.90. The number of nitrogens with one attached hydrogen (secondary N) is 1. The van der Waals surface area contributed by atoms with E-state index in [-0.39, 0.29) is 0 Å². The van der Waals surface area contributed by atoms with Crippen LogP contribution >= 0.6 is 0 Å². The smallest absolute Gasteiger partial charge is 0.209 e. The summed E-state index contributed by atoms with van der Waals surface area (Å²) in [5.41, 5.74) is 0. The molecular formula is C7H12N2O. The number of carbonyl (C=O) groups is 1. The van der Waals surface area contributed by atoms with Gasteiger partial charge < -0.3 is 10.2 Å². The minimum atomic E-state index is 0.741. The van der Waals surface area contributed by atoms with Crippen LogP contribution in [-0.2, 0) is 4.79 Å². The fourth-order valence-electron chi connectivity index (χ4n) is 1.98. The summed E-state index contributed by atoms with van der Waals surface area (Å²) < 4.78 is 0. The number of amides is 1. The van der Waals surface area contributed by atoms with Crippen molar-refractivity contribution in [3.05, 3.63) is 0 Å². The van der Waals surface area contributed by atoms with E-state index in [0.717, 1.165) is 44.4 Å². The van der Waals surface area contributed by atoms with E-state index in [1.54, 1.807) is 0 Å². The Kier molecular flexibility index (Phi) is 1.38. The van der Waals surface area contributed by atoms with E-state index in [1.165, 1.54) is 0 Å². The van der Waals surface area contributed by atoms with E-state index in [9.17, 15) is 4.79 Å². The summed E-state index contributed by atoms with van der Waals surface area (Å²) in [4.78, 5) is 12.2. The molecule has 0 radical (unpaired) electrons. The van der Waals surface area contributed by atoms with Gasteiger partial charge in [-0.25, -0.2) is 0 Å². The van der Waals surface area contributed by atoms with Gasteiger partial charge in [-0.15, -0.1) is 0 Å². The van der Waals surface area contributed by atoms with Crippen molar-refractivity contribution in [3.8, 4) is 0 Å². The van der Waals surface area contributed by atoms with E-state index in [1.807, 2.05) is 4.90 Å². The number of nitrogens with zero attached hydrogens (tertiary/aromatic N) is 1. The zero-order valence-corrected chi connectivity index (χ0v) is 5.92. The number of hydrogen-bond acceptors (Lipinski definition) is 2. The highest BCUT2D eigenvalue weighted by Gasteiger charge is 2.35. The Morgan fingerprint density at radius 3 is 2.40 bits per heavy atom. The summed E-state index contributed by atoms with van der Waals surface area (Å²) in [7, 11) is 0. The molecule has 2 saturated heterocycles. The third-order valence-electron chi connectivity index (χ3n) is 2.57. The van der Waals surface area contributed by atoms with Gasteiger partial charge in [-0.3, -0.25) is 4.79 Å². The average Bonchev–Trinajstić information content (AvgIpc) is 2.42. The third-order valence-corrected chi connectivity index (χ3v) is 2.57. The van der Waals surface area contributed by atoms with E-state index in [2.05, 4.69) is 5.32 Å². The first kappa shape index (κ1) is 6.16. The fourth-order valence-corrected chi connectivity index (χ4v) is 1.98. The molecule has 2 aliphatic heterocycles. The number of fused-ring (bicyclic) bond motifs is 1. The molecule has 3 nitrogen and oxygen atoms in total. The summed E-state index contributed by atoms with van der Waals surface area (Å²) in [5, 5.41) is 3.33. The molecule has 0 unspecified atom stereocenters. The van der Waals surface area contributed by atoms with Crippen LogP contribution in [-0.4, -0.2) is 37.5 Å². The summed E-state index contributed by atoms with van der Waals surface area (Å²) in [6.45, 7) is 4.16. The van der Waals surface area contributed by atoms with E-state index in [0.29, 0.717) is 0 Å². The number of carbonyl (C=O) groups excluding carboxylic acids is 1. The molecule has 2 heterocycles. The molecule has 2 fully saturated rings. The zero-order valence-electron chi connectivity index (χ0n) is 5.92. The van der Waals surface area contributed by atoms with Crippen LogP contribution in [0.4, 0.5) is 0 Å². The second-order valence-electron chi connectivity index (χ2n) is 3.24. The number of hydrogen-bond donors (Lipinski definition) is 1. The maximum atomic E-state index is 10.3. The molecule has 0 spiro atoms. The molecule has 0 bridgehead atoms. The van der Waals surface area contributed by atoms with Crippen molar-refractivity contribution >= 4 is 6.41 Å². The van der Waals surface area contributed by atoms with Crippen LogP contribution in [0.3, 0.4) is 0 Å². The molecule has 56 valence electrons. The minimum absolute atomic E-state index is 0.741. The lowest BCUT2D eigenvalue weighted by Crippen LogP contribution is -2.24. The predicted octanol–water partition coefficient (Wildman–Crippen LogP) is -0.706. The Labute approximate surface area is 60.4 Å². The Morgan fingerprint density at radius 2 is 1.90 bits per heavy atom. The van der Waals surface area contributed by atoms with Gasteiger partial charge >= 0.3 is 0 Å². The molecule has 2 rings (SSSR count). The molecule has 2 aliphatic rings. The molecule has 0 aromatic carbocycles. The molecular weight excluding hydrogens is 128 g/mol. The topological polar surface area (TPSA) is 32.3 Å². The lowest BCUT2D eigenvalue weighted by molar-refractivity contribution is -0.117. The van der Waals surface area contributed by atoms with E-state index >= 15 is 0 Å². The molecule has 2 atom stereocenters. The van der Waals surface area contributed by atoms with Gasteiger partial charge in [0.15, 0.2) is 0 Å². The molecule has 3 heteroatoms. The van der Waals surface area contributed by atoms with E-state index < -0.39 is 0 Å². The SMILES string of the molecule is O=CN1C[C@H]2CNC[C@@H]2C1. The minimum Gasteiger partial charge on any atom is -0.345 e. The maximum absolute atomic E-state index is 10.3. The molecule has 1 amide bonds. The maximum Gasteiger partial charge on any atom is 0.209 e. The van der Waals surface area contributed by atoms with Gasteiger partial charge in [0.1, 0.15) is 0 Å². The highest BCUT2D eigenvalue weighted by Crippen LogP contribution is 2.24. The molecule has 0 saturated carbocycles. The Morgan fingerprint density at radius 1 is 1.30 bits per heavy atom. The molecule has 0 aromatic rings. The van der Waals surface area contributed by atoms with Gasteiger partial charge in [-0.1, -0.05) is 0 Å². The lowest BCUT2D eigenvalue weighted by atomic mass is 10.0. The van der Waals surface area contributed by atoms with Crippen LogP contribution in [0.25, 0.3) is 0 Å². The van der Waals surface area contributed by atoms with Crippen LogP contribution in [0.1, 0.15) is 0 Å². The standard InChI is InChI=1S/C7H12N2O/c10-5-9-3-6-1-8-2-7(6)4-9/h5-8H,1-4H2/t6-,7-/m1/s1. The summed E-state index contributed by atoms with van der Waals surface area (Å²) in [5.74, 6) is 1.48. The van der Waals surface area contributed by atoms with Gasteiger partial charge in [-0.2, -0.15) is 0 Å². The summed E-state index contributed by atoms with van der Waals surface area (Å²) in [6, 6.07) is 0. The Hall–Kier alpha value is -0.570. The van der Waals surface area contributed by atoms with Gasteiger partial charge in [0.25, 0.3) is 0 Å². The first-order valence-corrected chi connectivity index (χ1v) is 3.80. The third kappa shape index (κ3) is 0.814. The van der Waals surface area contributed by atoms with E-state index in [4.69, 9.17) is 0 Å². The van der Waals surface area contributed by atoms with Gasteiger partial charge in [0.2, 0.25) is 6.41 Å². The van der Waals surface area contributed by atoms with Crippen LogP contribution in [0.2, 0.25) is 0 Å². The van der Waals surface area contributed by atoms with Gasteiger partial charge in [0.05, 0.1) is 0 Å². The second-order valence-corrected chi connectivity index (χ2v) is 3.24. The second kappa shape index (κ2) is 2.23. The molecule has 1 N–H and O–H groups in total. The van der Waals surface area contributed by atoms with Crippen molar-refractivity contribution in [3.63, 3.8) is 0 Å². The van der Waals surface area contributed by atoms with Crippen LogP contribution in [0, 0.1) is 11.8 Å². The number of likely N-dealkylation sites (tertiary alicyclic amines) is 1. The van der Waals surface area contributed by atoms with Gasteiger partial charge in [0, 0.05) is 26.2 Å². The van der Waals surface area contributed by atoms with Crippen LogP contribution < -0.4 is 5.32 Å². The quantitative estimate of drug-likeness (QED) is 0.488. The predicted molar refractivity (Wildman–Crippen MR) is 37.5 cm³/mol. The van der Waals surface area contributed by atoms with Crippen molar-refractivity contribution in [2.75, 3.05) is 26.2 Å². The van der Waals surface area contributed by atoms with Gasteiger partial charge in [-0.05, 0) is 11.8 Å². The normalized spacial score (nSPS) is 38.2.